The van der Waals surface area contributed by atoms with Crippen LogP contribution in [0.15, 0.2) is 6.33 Å². The molecule has 0 radical (unpaired) electrons. The van der Waals surface area contributed by atoms with Crippen LogP contribution in [0.3, 0.4) is 0 Å². The number of hydrogen-bond donors (Lipinski definition) is 0. The summed E-state index contributed by atoms with van der Waals surface area (Å²) in [5.41, 5.74) is 1.46. The Balaban J connectivity index is 2.67. The molecule has 116 valence electrons. The van der Waals surface area contributed by atoms with Gasteiger partial charge in [-0.05, 0) is 25.7 Å². The highest BCUT2D eigenvalue weighted by molar-refractivity contribution is 6.16. The molecular formula is C15H23ClN4O. The lowest BCUT2D eigenvalue weighted by atomic mass is 9.81. The fraction of sp³-hybridized carbons (Fsp3) is 0.667. The van der Waals surface area contributed by atoms with Gasteiger partial charge < -0.3 is 9.30 Å². The molecule has 2 aromatic heterocycles. The summed E-state index contributed by atoms with van der Waals surface area (Å²) in [5.74, 6) is 1.60. The first-order valence-electron chi connectivity index (χ1n) is 7.02. The number of methoxy groups -OCH3 is 1. The second kappa shape index (κ2) is 5.44. The van der Waals surface area contributed by atoms with Crippen molar-refractivity contribution in [2.24, 2.45) is 5.41 Å². The molecule has 2 aromatic rings. The van der Waals surface area contributed by atoms with Gasteiger partial charge in [0.25, 0.3) is 0 Å². The van der Waals surface area contributed by atoms with Gasteiger partial charge in [-0.2, -0.15) is 4.98 Å². The zero-order chi connectivity index (χ0) is 15.8. The predicted molar refractivity (Wildman–Crippen MR) is 84.8 cm³/mol. The fourth-order valence-electron chi connectivity index (χ4n) is 3.17. The summed E-state index contributed by atoms with van der Waals surface area (Å²) in [6.07, 6.45) is 2.48. The van der Waals surface area contributed by atoms with Gasteiger partial charge in [0.2, 0.25) is 5.88 Å². The first-order valence-corrected chi connectivity index (χ1v) is 7.56. The van der Waals surface area contributed by atoms with Crippen LogP contribution < -0.4 is 4.74 Å². The quantitative estimate of drug-likeness (QED) is 0.807. The van der Waals surface area contributed by atoms with Gasteiger partial charge in [0.1, 0.15) is 12.2 Å². The van der Waals surface area contributed by atoms with E-state index in [-0.39, 0.29) is 11.0 Å². The number of rotatable bonds is 4. The Morgan fingerprint density at radius 1 is 1.19 bits per heavy atom. The molecule has 0 spiro atoms. The second-order valence-corrected chi connectivity index (χ2v) is 7.37. The topological polar surface area (TPSA) is 52.8 Å². The van der Waals surface area contributed by atoms with Crippen LogP contribution >= 0.6 is 11.6 Å². The van der Waals surface area contributed by atoms with Crippen LogP contribution in [0.1, 0.15) is 46.9 Å². The van der Waals surface area contributed by atoms with Gasteiger partial charge >= 0.3 is 0 Å². The maximum absolute atomic E-state index is 6.10. The van der Waals surface area contributed by atoms with Gasteiger partial charge in [-0.1, -0.05) is 20.8 Å². The van der Waals surface area contributed by atoms with Gasteiger partial charge in [-0.3, -0.25) is 0 Å². The zero-order valence-corrected chi connectivity index (χ0v) is 14.3. The van der Waals surface area contributed by atoms with E-state index in [0.29, 0.717) is 17.3 Å². The number of aromatic nitrogens is 4. The third kappa shape index (κ3) is 3.12. The summed E-state index contributed by atoms with van der Waals surface area (Å²) in [4.78, 5) is 13.1. The van der Waals surface area contributed by atoms with Crippen molar-refractivity contribution in [1.82, 2.24) is 19.5 Å². The molecule has 0 saturated heterocycles. The van der Waals surface area contributed by atoms with Gasteiger partial charge in [0, 0.05) is 5.54 Å². The molecule has 5 nitrogen and oxygen atoms in total. The monoisotopic (exact) mass is 310 g/mol. The third-order valence-corrected chi connectivity index (χ3v) is 3.60. The number of nitrogens with zero attached hydrogens (tertiary/aromatic N) is 4. The average molecular weight is 311 g/mol. The van der Waals surface area contributed by atoms with E-state index in [4.69, 9.17) is 16.3 Å². The molecule has 0 saturated carbocycles. The molecule has 0 aromatic carbocycles. The number of halogens is 1. The minimum atomic E-state index is -0.156. The number of alkyl halides is 1. The van der Waals surface area contributed by atoms with Gasteiger partial charge in [0.05, 0.1) is 13.0 Å². The molecule has 0 atom stereocenters. The smallest absolute Gasteiger partial charge is 0.245 e. The highest BCUT2D eigenvalue weighted by Gasteiger charge is 2.32. The van der Waals surface area contributed by atoms with Crippen LogP contribution in [0, 0.1) is 5.41 Å². The summed E-state index contributed by atoms with van der Waals surface area (Å²) < 4.78 is 7.40. The normalized spacial score (nSPS) is 12.9. The highest BCUT2D eigenvalue weighted by Crippen LogP contribution is 2.36. The number of hydrogen-bond acceptors (Lipinski definition) is 4. The van der Waals surface area contributed by atoms with E-state index < -0.39 is 0 Å². The van der Waals surface area contributed by atoms with E-state index in [1.165, 1.54) is 6.33 Å². The fourth-order valence-corrected chi connectivity index (χ4v) is 3.35. The second-order valence-electron chi connectivity index (χ2n) is 7.10. The van der Waals surface area contributed by atoms with Crippen LogP contribution in [0.5, 0.6) is 5.88 Å². The highest BCUT2D eigenvalue weighted by atomic mass is 35.5. The summed E-state index contributed by atoms with van der Waals surface area (Å²) >= 11 is 6.10. The van der Waals surface area contributed by atoms with E-state index in [2.05, 4.69) is 54.1 Å². The number of fused-ring (bicyclic) bond motifs is 1. The molecule has 0 fully saturated rings. The van der Waals surface area contributed by atoms with Crippen molar-refractivity contribution in [2.75, 3.05) is 7.11 Å². The van der Waals surface area contributed by atoms with Gasteiger partial charge in [0.15, 0.2) is 11.2 Å². The Hall–Kier alpha value is -1.36. The molecule has 2 heterocycles. The van der Waals surface area contributed by atoms with Crippen molar-refractivity contribution in [1.29, 1.82) is 0 Å². The van der Waals surface area contributed by atoms with E-state index in [0.717, 1.165) is 17.9 Å². The molecule has 21 heavy (non-hydrogen) atoms. The largest absolute Gasteiger partial charge is 0.479 e. The van der Waals surface area contributed by atoms with Crippen LogP contribution in [-0.2, 0) is 11.4 Å². The molecule has 0 N–H and O–H groups in total. The summed E-state index contributed by atoms with van der Waals surface area (Å²) in [7, 11) is 1.58. The van der Waals surface area contributed by atoms with Crippen molar-refractivity contribution in [2.45, 2.75) is 52.5 Å². The van der Waals surface area contributed by atoms with Crippen molar-refractivity contribution >= 4 is 22.8 Å². The molecule has 0 aliphatic rings. The van der Waals surface area contributed by atoms with E-state index >= 15 is 0 Å². The minimum Gasteiger partial charge on any atom is -0.479 e. The predicted octanol–water partition coefficient (Wildman–Crippen LogP) is 3.75. The minimum absolute atomic E-state index is 0.156. The molecular weight excluding hydrogens is 288 g/mol. The molecule has 0 aliphatic carbocycles. The van der Waals surface area contributed by atoms with Crippen molar-refractivity contribution < 1.29 is 4.74 Å². The van der Waals surface area contributed by atoms with Crippen LogP contribution in [0.25, 0.3) is 11.2 Å². The Labute approximate surface area is 130 Å². The van der Waals surface area contributed by atoms with Crippen molar-refractivity contribution in [3.63, 3.8) is 0 Å². The SMILES string of the molecule is COc1ncnc2c1nc(CCl)n2C(C)(C)CC(C)(C)C. The molecule has 2 rings (SSSR count). The van der Waals surface area contributed by atoms with Crippen LogP contribution in [0.2, 0.25) is 0 Å². The lowest BCUT2D eigenvalue weighted by Crippen LogP contribution is -2.32. The van der Waals surface area contributed by atoms with E-state index in [9.17, 15) is 0 Å². The zero-order valence-electron chi connectivity index (χ0n) is 13.6. The molecule has 0 amide bonds. The Morgan fingerprint density at radius 2 is 1.86 bits per heavy atom. The first-order chi connectivity index (χ1) is 9.69. The lowest BCUT2D eigenvalue weighted by molar-refractivity contribution is 0.215. The Bertz CT molecular complexity index is 643. The molecule has 6 heteroatoms. The standard InChI is InChI=1S/C15H23ClN4O/c1-14(2,3)8-15(4,5)20-10(7-16)19-11-12(20)17-9-18-13(11)21-6/h9H,7-8H2,1-6H3. The summed E-state index contributed by atoms with van der Waals surface area (Å²) in [5, 5.41) is 0. The molecule has 0 bridgehead atoms. The van der Waals surface area contributed by atoms with E-state index in [1.54, 1.807) is 7.11 Å². The van der Waals surface area contributed by atoms with E-state index in [1.807, 2.05) is 0 Å². The Morgan fingerprint density at radius 3 is 2.38 bits per heavy atom. The maximum Gasteiger partial charge on any atom is 0.245 e. The number of imidazole rings is 1. The third-order valence-electron chi connectivity index (χ3n) is 3.36. The van der Waals surface area contributed by atoms with Crippen LogP contribution in [0.4, 0.5) is 0 Å². The van der Waals surface area contributed by atoms with Gasteiger partial charge in [-0.25, -0.2) is 9.97 Å². The van der Waals surface area contributed by atoms with Crippen molar-refractivity contribution in [3.8, 4) is 5.88 Å². The molecule has 0 aliphatic heterocycles. The van der Waals surface area contributed by atoms with Gasteiger partial charge in [-0.15, -0.1) is 11.6 Å². The molecule has 0 unspecified atom stereocenters. The van der Waals surface area contributed by atoms with Crippen molar-refractivity contribution in [3.05, 3.63) is 12.2 Å². The first kappa shape index (κ1) is 16.0. The Kier molecular flexibility index (Phi) is 4.15. The lowest BCUT2D eigenvalue weighted by Gasteiger charge is -2.35. The number of ether oxygens (including phenoxy) is 1. The van der Waals surface area contributed by atoms with Crippen LogP contribution in [-0.4, -0.2) is 26.6 Å². The average Bonchev–Trinajstić information content (AvgIpc) is 2.74. The summed E-state index contributed by atoms with van der Waals surface area (Å²) in [6, 6.07) is 0. The summed E-state index contributed by atoms with van der Waals surface area (Å²) in [6.45, 7) is 11.0. The maximum atomic E-state index is 6.10.